The fourth-order valence-electron chi connectivity index (χ4n) is 2.07. The average molecular weight is 333 g/mol. The number of nitrogens with one attached hydrogen (secondary N) is 1. The zero-order chi connectivity index (χ0) is 13.8. The smallest absolute Gasteiger partial charge is 0.313 e. The van der Waals surface area contributed by atoms with E-state index in [1.165, 1.54) is 6.07 Å². The summed E-state index contributed by atoms with van der Waals surface area (Å²) in [6, 6.07) is 2.18. The summed E-state index contributed by atoms with van der Waals surface area (Å²) in [5.74, 6) is -0.0220. The Bertz CT molecular complexity index is 478. The lowest BCUT2D eigenvalue weighted by molar-refractivity contribution is -0.386. The van der Waals surface area contributed by atoms with Crippen molar-refractivity contribution in [3.05, 3.63) is 32.5 Å². The maximum atomic E-state index is 13.3. The Kier molecular flexibility index (Phi) is 4.71. The Morgan fingerprint density at radius 1 is 1.58 bits per heavy atom. The number of nitro groups is 1. The van der Waals surface area contributed by atoms with Crippen LogP contribution in [0.1, 0.15) is 12.8 Å². The molecule has 5 nitrogen and oxygen atoms in total. The van der Waals surface area contributed by atoms with Crippen molar-refractivity contribution in [2.75, 3.05) is 19.7 Å². The highest BCUT2D eigenvalue weighted by atomic mass is 79.9. The first-order valence-corrected chi connectivity index (χ1v) is 6.84. The third-order valence-corrected chi connectivity index (χ3v) is 3.75. The highest BCUT2D eigenvalue weighted by molar-refractivity contribution is 9.10. The Hall–Kier alpha value is -1.21. The minimum absolute atomic E-state index is 0.101. The van der Waals surface area contributed by atoms with Crippen LogP contribution in [0.4, 0.5) is 10.1 Å². The normalized spacial score (nSPS) is 18.5. The zero-order valence-corrected chi connectivity index (χ0v) is 11.8. The minimum Gasteiger partial charge on any atom is -0.487 e. The lowest BCUT2D eigenvalue weighted by Gasteiger charge is -2.10. The molecule has 2 rings (SSSR count). The van der Waals surface area contributed by atoms with Crippen molar-refractivity contribution in [1.82, 2.24) is 5.32 Å². The number of ether oxygens (including phenoxy) is 1. The minimum atomic E-state index is -0.668. The van der Waals surface area contributed by atoms with Gasteiger partial charge in [0.15, 0.2) is 5.75 Å². The van der Waals surface area contributed by atoms with Gasteiger partial charge in [0.05, 0.1) is 22.1 Å². The van der Waals surface area contributed by atoms with Gasteiger partial charge in [0.25, 0.3) is 0 Å². The van der Waals surface area contributed by atoms with Gasteiger partial charge in [-0.15, -0.1) is 0 Å². The molecule has 1 aromatic carbocycles. The fourth-order valence-corrected chi connectivity index (χ4v) is 2.40. The molecule has 0 aromatic heterocycles. The largest absolute Gasteiger partial charge is 0.487 e. The molecule has 0 saturated carbocycles. The molecule has 104 valence electrons. The van der Waals surface area contributed by atoms with Crippen molar-refractivity contribution in [3.8, 4) is 5.75 Å². The van der Waals surface area contributed by atoms with Gasteiger partial charge < -0.3 is 10.1 Å². The van der Waals surface area contributed by atoms with Crippen molar-refractivity contribution in [2.45, 2.75) is 12.8 Å². The SMILES string of the molecule is O=[N+]([O-])c1cc(F)c(Br)cc1OCCC1CCNC1. The molecule has 0 spiro atoms. The van der Waals surface area contributed by atoms with Crippen molar-refractivity contribution in [3.63, 3.8) is 0 Å². The third-order valence-electron chi connectivity index (χ3n) is 3.14. The lowest BCUT2D eigenvalue weighted by atomic mass is 10.1. The number of hydrogen-bond donors (Lipinski definition) is 1. The van der Waals surface area contributed by atoms with Gasteiger partial charge in [-0.25, -0.2) is 4.39 Å². The van der Waals surface area contributed by atoms with Crippen LogP contribution in [0.2, 0.25) is 0 Å². The van der Waals surface area contributed by atoms with Gasteiger partial charge in [-0.05, 0) is 47.8 Å². The molecule has 1 aliphatic rings. The van der Waals surface area contributed by atoms with E-state index in [4.69, 9.17) is 4.74 Å². The number of hydrogen-bond acceptors (Lipinski definition) is 4. The molecule has 7 heteroatoms. The molecule has 1 saturated heterocycles. The first kappa shape index (κ1) is 14.2. The van der Waals surface area contributed by atoms with E-state index in [1.807, 2.05) is 0 Å². The molecule has 1 fully saturated rings. The molecule has 0 aliphatic carbocycles. The van der Waals surface area contributed by atoms with Gasteiger partial charge in [-0.2, -0.15) is 0 Å². The van der Waals surface area contributed by atoms with Crippen molar-refractivity contribution >= 4 is 21.6 Å². The van der Waals surface area contributed by atoms with Crippen LogP contribution in [0.5, 0.6) is 5.75 Å². The maximum absolute atomic E-state index is 13.3. The molecule has 0 amide bonds. The Morgan fingerprint density at radius 2 is 2.37 bits per heavy atom. The van der Waals surface area contributed by atoms with Gasteiger partial charge in [-0.3, -0.25) is 10.1 Å². The molecule has 0 radical (unpaired) electrons. The van der Waals surface area contributed by atoms with Crippen LogP contribution in [-0.2, 0) is 0 Å². The van der Waals surface area contributed by atoms with Crippen molar-refractivity contribution < 1.29 is 14.1 Å². The van der Waals surface area contributed by atoms with Gasteiger partial charge in [0.2, 0.25) is 0 Å². The predicted molar refractivity (Wildman–Crippen MR) is 71.8 cm³/mol. The molecule has 1 aliphatic heterocycles. The number of nitrogens with zero attached hydrogens (tertiary/aromatic N) is 1. The highest BCUT2D eigenvalue weighted by Gasteiger charge is 2.20. The molecule has 1 atom stereocenters. The summed E-state index contributed by atoms with van der Waals surface area (Å²) < 4.78 is 18.9. The number of rotatable bonds is 5. The zero-order valence-electron chi connectivity index (χ0n) is 10.2. The molecule has 1 N–H and O–H groups in total. The van der Waals surface area contributed by atoms with E-state index in [1.54, 1.807) is 0 Å². The van der Waals surface area contributed by atoms with E-state index in [9.17, 15) is 14.5 Å². The number of benzene rings is 1. The van der Waals surface area contributed by atoms with Crippen LogP contribution in [0.3, 0.4) is 0 Å². The summed E-state index contributed by atoms with van der Waals surface area (Å²) in [5.41, 5.74) is -0.342. The van der Waals surface area contributed by atoms with E-state index < -0.39 is 10.7 Å². The summed E-state index contributed by atoms with van der Waals surface area (Å²) in [5, 5.41) is 14.1. The first-order chi connectivity index (χ1) is 9.08. The second-order valence-electron chi connectivity index (χ2n) is 4.49. The topological polar surface area (TPSA) is 64.4 Å². The van der Waals surface area contributed by atoms with Gasteiger partial charge in [-0.1, -0.05) is 0 Å². The monoisotopic (exact) mass is 332 g/mol. The van der Waals surface area contributed by atoms with Gasteiger partial charge in [0.1, 0.15) is 5.82 Å². The van der Waals surface area contributed by atoms with E-state index >= 15 is 0 Å². The molecular weight excluding hydrogens is 319 g/mol. The maximum Gasteiger partial charge on any atom is 0.313 e. The van der Waals surface area contributed by atoms with Crippen LogP contribution in [0.15, 0.2) is 16.6 Å². The predicted octanol–water partition coefficient (Wildman–Crippen LogP) is 2.87. The Morgan fingerprint density at radius 3 is 3.00 bits per heavy atom. The van der Waals surface area contributed by atoms with Crippen LogP contribution in [0.25, 0.3) is 0 Å². The van der Waals surface area contributed by atoms with E-state index in [0.717, 1.165) is 32.0 Å². The summed E-state index contributed by atoms with van der Waals surface area (Å²) in [7, 11) is 0. The average Bonchev–Trinajstić information content (AvgIpc) is 2.86. The second kappa shape index (κ2) is 6.29. The van der Waals surface area contributed by atoms with E-state index in [0.29, 0.717) is 12.5 Å². The highest BCUT2D eigenvalue weighted by Crippen LogP contribution is 2.32. The van der Waals surface area contributed by atoms with E-state index in [-0.39, 0.29) is 15.9 Å². The summed E-state index contributed by atoms with van der Waals surface area (Å²) in [6.07, 6.45) is 1.93. The Balaban J connectivity index is 2.01. The molecule has 0 bridgehead atoms. The van der Waals surface area contributed by atoms with Crippen LogP contribution < -0.4 is 10.1 Å². The van der Waals surface area contributed by atoms with Crippen LogP contribution in [-0.4, -0.2) is 24.6 Å². The third kappa shape index (κ3) is 3.63. The summed E-state index contributed by atoms with van der Waals surface area (Å²) >= 11 is 3.00. The summed E-state index contributed by atoms with van der Waals surface area (Å²) in [6.45, 7) is 2.36. The molecule has 1 unspecified atom stereocenters. The lowest BCUT2D eigenvalue weighted by Crippen LogP contribution is -2.12. The summed E-state index contributed by atoms with van der Waals surface area (Å²) in [4.78, 5) is 10.2. The molecule has 1 heterocycles. The van der Waals surface area contributed by atoms with E-state index in [2.05, 4.69) is 21.2 Å². The number of nitro benzene ring substituents is 1. The molecular formula is C12H14BrFN2O3. The second-order valence-corrected chi connectivity index (χ2v) is 5.34. The van der Waals surface area contributed by atoms with Crippen LogP contribution >= 0.6 is 15.9 Å². The molecule has 1 aromatic rings. The Labute approximate surface area is 118 Å². The van der Waals surface area contributed by atoms with Crippen molar-refractivity contribution in [1.29, 1.82) is 0 Å². The standard InChI is InChI=1S/C12H14BrFN2O3/c13-9-5-12(11(16(17)18)6-10(9)14)19-4-2-8-1-3-15-7-8/h5-6,8,15H,1-4,7H2. The first-order valence-electron chi connectivity index (χ1n) is 6.05. The van der Waals surface area contributed by atoms with Gasteiger partial charge >= 0.3 is 5.69 Å². The van der Waals surface area contributed by atoms with Crippen molar-refractivity contribution in [2.24, 2.45) is 5.92 Å². The van der Waals surface area contributed by atoms with Crippen LogP contribution in [0, 0.1) is 21.8 Å². The fraction of sp³-hybridized carbons (Fsp3) is 0.500. The number of halogens is 2. The molecule has 19 heavy (non-hydrogen) atoms. The quantitative estimate of drug-likeness (QED) is 0.665. The van der Waals surface area contributed by atoms with Gasteiger partial charge in [0, 0.05) is 6.07 Å².